The summed E-state index contributed by atoms with van der Waals surface area (Å²) in [4.78, 5) is 36.6. The Labute approximate surface area is 152 Å². The second kappa shape index (κ2) is 7.39. The molecule has 0 unspecified atom stereocenters. The average molecular weight is 354 g/mol. The first-order valence-electron chi connectivity index (χ1n) is 8.15. The number of nitrogens with one attached hydrogen (secondary N) is 1. The van der Waals surface area contributed by atoms with Crippen LogP contribution in [0, 0.1) is 6.92 Å². The fourth-order valence-electron chi connectivity index (χ4n) is 2.39. The number of carboxylic acid groups (broad SMARTS) is 1. The summed E-state index contributed by atoms with van der Waals surface area (Å²) in [6, 6.07) is 12.8. The normalized spacial score (nSPS) is 10.9. The van der Waals surface area contributed by atoms with Crippen LogP contribution < -0.4 is 5.43 Å². The van der Waals surface area contributed by atoms with Gasteiger partial charge < -0.3 is 5.11 Å². The fourth-order valence-corrected chi connectivity index (χ4v) is 2.39. The Morgan fingerprint density at radius 1 is 0.923 bits per heavy atom. The Balaban J connectivity index is 2.31. The third kappa shape index (κ3) is 4.47. The largest absolute Gasteiger partial charge is 0.478 e. The highest BCUT2D eigenvalue weighted by atomic mass is 16.4. The lowest BCUT2D eigenvalue weighted by Crippen LogP contribution is -2.55. The first kappa shape index (κ1) is 19.2. The molecule has 0 spiro atoms. The lowest BCUT2D eigenvalue weighted by molar-refractivity contribution is 0.0358. The van der Waals surface area contributed by atoms with Crippen molar-refractivity contribution in [3.63, 3.8) is 0 Å². The van der Waals surface area contributed by atoms with E-state index in [0.29, 0.717) is 5.56 Å². The van der Waals surface area contributed by atoms with E-state index in [9.17, 15) is 14.4 Å². The molecule has 0 aliphatic rings. The lowest BCUT2D eigenvalue weighted by atomic mass is 10.1. The summed E-state index contributed by atoms with van der Waals surface area (Å²) in [5.74, 6) is -2.02. The van der Waals surface area contributed by atoms with E-state index in [1.165, 1.54) is 29.3 Å². The van der Waals surface area contributed by atoms with Gasteiger partial charge in [0.05, 0.1) is 11.1 Å². The van der Waals surface area contributed by atoms with Gasteiger partial charge in [0.1, 0.15) is 0 Å². The molecule has 26 heavy (non-hydrogen) atoms. The van der Waals surface area contributed by atoms with Gasteiger partial charge in [-0.25, -0.2) is 9.80 Å². The minimum Gasteiger partial charge on any atom is -0.478 e. The number of aryl methyl sites for hydroxylation is 1. The van der Waals surface area contributed by atoms with E-state index < -0.39 is 17.4 Å². The molecule has 2 aromatic rings. The van der Waals surface area contributed by atoms with Crippen molar-refractivity contribution >= 4 is 17.8 Å². The van der Waals surface area contributed by atoms with Gasteiger partial charge >= 0.3 is 5.97 Å². The van der Waals surface area contributed by atoms with Crippen LogP contribution in [0.1, 0.15) is 57.4 Å². The molecule has 2 N–H and O–H groups in total. The van der Waals surface area contributed by atoms with Crippen LogP contribution >= 0.6 is 0 Å². The molecule has 0 heterocycles. The zero-order chi connectivity index (χ0) is 19.5. The molecule has 2 aromatic carbocycles. The Kier molecular flexibility index (Phi) is 5.45. The van der Waals surface area contributed by atoms with Crippen LogP contribution in [0.5, 0.6) is 0 Å². The zero-order valence-electron chi connectivity index (χ0n) is 15.2. The molecule has 0 radical (unpaired) electrons. The third-order valence-electron chi connectivity index (χ3n) is 3.72. The van der Waals surface area contributed by atoms with Gasteiger partial charge in [0.2, 0.25) is 0 Å². The summed E-state index contributed by atoms with van der Waals surface area (Å²) < 4.78 is 0. The van der Waals surface area contributed by atoms with Crippen molar-refractivity contribution < 1.29 is 19.5 Å². The van der Waals surface area contributed by atoms with Gasteiger partial charge in [0, 0.05) is 11.1 Å². The molecular formula is C20H22N2O4. The van der Waals surface area contributed by atoms with Crippen molar-refractivity contribution in [1.29, 1.82) is 0 Å². The molecule has 2 rings (SSSR count). The SMILES string of the molecule is Cc1cccc(C(=O)N(NC(=O)c2cccc(C(=O)O)c2)C(C)(C)C)c1. The second-order valence-corrected chi connectivity index (χ2v) is 7.01. The molecule has 0 fully saturated rings. The molecule has 6 nitrogen and oxygen atoms in total. The van der Waals surface area contributed by atoms with E-state index in [2.05, 4.69) is 5.43 Å². The number of benzene rings is 2. The highest BCUT2D eigenvalue weighted by Crippen LogP contribution is 2.17. The fraction of sp³-hybridized carbons (Fsp3) is 0.250. The van der Waals surface area contributed by atoms with Crippen molar-refractivity contribution in [3.05, 3.63) is 70.8 Å². The van der Waals surface area contributed by atoms with Crippen molar-refractivity contribution in [3.8, 4) is 0 Å². The molecule has 0 saturated heterocycles. The predicted molar refractivity (Wildman–Crippen MR) is 98.0 cm³/mol. The van der Waals surface area contributed by atoms with Gasteiger partial charge in [-0.3, -0.25) is 15.0 Å². The standard InChI is InChI=1S/C20H22N2O4/c1-13-7-5-9-15(11-13)18(24)22(20(2,3)4)21-17(23)14-8-6-10-16(12-14)19(25)26/h5-12H,1-4H3,(H,21,23)(H,25,26). The first-order chi connectivity index (χ1) is 12.1. The molecule has 2 amide bonds. The number of hydrogen-bond donors (Lipinski definition) is 2. The van der Waals surface area contributed by atoms with E-state index >= 15 is 0 Å². The first-order valence-corrected chi connectivity index (χ1v) is 8.15. The van der Waals surface area contributed by atoms with Crippen LogP contribution in [0.15, 0.2) is 48.5 Å². The van der Waals surface area contributed by atoms with Gasteiger partial charge in [-0.2, -0.15) is 0 Å². The summed E-state index contributed by atoms with van der Waals surface area (Å²) in [6.07, 6.45) is 0. The number of hydrogen-bond acceptors (Lipinski definition) is 3. The molecule has 6 heteroatoms. The number of carbonyl (C=O) groups excluding carboxylic acids is 2. The van der Waals surface area contributed by atoms with Crippen LogP contribution in [0.4, 0.5) is 0 Å². The maximum absolute atomic E-state index is 12.9. The minimum atomic E-state index is -1.12. The zero-order valence-corrected chi connectivity index (χ0v) is 15.2. The number of carbonyl (C=O) groups is 3. The van der Waals surface area contributed by atoms with Crippen LogP contribution in [0.3, 0.4) is 0 Å². The summed E-state index contributed by atoms with van der Waals surface area (Å²) in [5, 5.41) is 10.3. The van der Waals surface area contributed by atoms with Gasteiger partial charge in [-0.1, -0.05) is 23.8 Å². The Hall–Kier alpha value is -3.15. The highest BCUT2D eigenvalue weighted by molar-refractivity contribution is 6.00. The van der Waals surface area contributed by atoms with E-state index in [4.69, 9.17) is 5.11 Å². The third-order valence-corrected chi connectivity index (χ3v) is 3.72. The van der Waals surface area contributed by atoms with Gasteiger partial charge in [0.15, 0.2) is 0 Å². The quantitative estimate of drug-likeness (QED) is 0.828. The number of rotatable bonds is 3. The van der Waals surface area contributed by atoms with Crippen molar-refractivity contribution in [2.24, 2.45) is 0 Å². The molecular weight excluding hydrogens is 332 g/mol. The number of nitrogens with zero attached hydrogens (tertiary/aromatic N) is 1. The minimum absolute atomic E-state index is 0.00460. The monoisotopic (exact) mass is 354 g/mol. The molecule has 136 valence electrons. The topological polar surface area (TPSA) is 86.7 Å². The predicted octanol–water partition coefficient (Wildman–Crippen LogP) is 3.28. The highest BCUT2D eigenvalue weighted by Gasteiger charge is 2.29. The molecule has 0 aliphatic carbocycles. The van der Waals surface area contributed by atoms with Gasteiger partial charge in [0.25, 0.3) is 11.8 Å². The number of amides is 2. The van der Waals surface area contributed by atoms with Crippen molar-refractivity contribution in [2.45, 2.75) is 33.2 Å². The molecule has 0 bridgehead atoms. The number of hydrazine groups is 1. The number of carboxylic acids is 1. The average Bonchev–Trinajstić information content (AvgIpc) is 2.58. The van der Waals surface area contributed by atoms with Gasteiger partial charge in [-0.05, 0) is 58.0 Å². The summed E-state index contributed by atoms with van der Waals surface area (Å²) in [5.41, 5.74) is 3.49. The molecule has 0 aromatic heterocycles. The van der Waals surface area contributed by atoms with Crippen LogP contribution in [0.25, 0.3) is 0 Å². The van der Waals surface area contributed by atoms with E-state index in [1.807, 2.05) is 13.0 Å². The summed E-state index contributed by atoms with van der Waals surface area (Å²) in [7, 11) is 0. The maximum Gasteiger partial charge on any atom is 0.335 e. The maximum atomic E-state index is 12.9. The van der Waals surface area contributed by atoms with E-state index in [1.54, 1.807) is 39.0 Å². The van der Waals surface area contributed by atoms with Crippen LogP contribution in [0.2, 0.25) is 0 Å². The van der Waals surface area contributed by atoms with Crippen molar-refractivity contribution in [2.75, 3.05) is 0 Å². The molecule has 0 saturated carbocycles. The lowest BCUT2D eigenvalue weighted by Gasteiger charge is -2.35. The second-order valence-electron chi connectivity index (χ2n) is 7.01. The van der Waals surface area contributed by atoms with E-state index in [-0.39, 0.29) is 17.0 Å². The van der Waals surface area contributed by atoms with Crippen LogP contribution in [-0.4, -0.2) is 33.4 Å². The summed E-state index contributed by atoms with van der Waals surface area (Å²) in [6.45, 7) is 7.28. The molecule has 0 aliphatic heterocycles. The summed E-state index contributed by atoms with van der Waals surface area (Å²) >= 11 is 0. The Morgan fingerprint density at radius 2 is 1.50 bits per heavy atom. The Morgan fingerprint density at radius 3 is 2.08 bits per heavy atom. The molecule has 0 atom stereocenters. The number of aromatic carboxylic acids is 1. The smallest absolute Gasteiger partial charge is 0.335 e. The van der Waals surface area contributed by atoms with E-state index in [0.717, 1.165) is 5.56 Å². The Bertz CT molecular complexity index is 853. The van der Waals surface area contributed by atoms with Crippen LogP contribution in [-0.2, 0) is 0 Å². The van der Waals surface area contributed by atoms with Crippen molar-refractivity contribution in [1.82, 2.24) is 10.4 Å². The van der Waals surface area contributed by atoms with Gasteiger partial charge in [-0.15, -0.1) is 0 Å².